The molecule has 1 aromatic rings. The normalized spacial score (nSPS) is 25.6. The Kier molecular flexibility index (Phi) is 5.31. The first-order chi connectivity index (χ1) is 10.0. The minimum absolute atomic E-state index is 0.0323. The van der Waals surface area contributed by atoms with Gasteiger partial charge in [-0.05, 0) is 37.0 Å². The largest absolute Gasteiger partial charge is 0.394 e. The van der Waals surface area contributed by atoms with Crippen molar-refractivity contribution < 1.29 is 14.3 Å². The van der Waals surface area contributed by atoms with Gasteiger partial charge >= 0.3 is 0 Å². The molecule has 2 atom stereocenters. The van der Waals surface area contributed by atoms with Crippen molar-refractivity contribution in [2.45, 2.75) is 38.1 Å². The van der Waals surface area contributed by atoms with E-state index in [1.807, 2.05) is 0 Å². The van der Waals surface area contributed by atoms with Crippen LogP contribution in [0.4, 0.5) is 10.1 Å². The fourth-order valence-corrected chi connectivity index (χ4v) is 3.06. The van der Waals surface area contributed by atoms with Gasteiger partial charge in [-0.1, -0.05) is 25.8 Å². The van der Waals surface area contributed by atoms with Gasteiger partial charge in [0, 0.05) is 11.2 Å². The van der Waals surface area contributed by atoms with Gasteiger partial charge in [0.1, 0.15) is 5.82 Å². The second-order valence-electron chi connectivity index (χ2n) is 6.05. The van der Waals surface area contributed by atoms with E-state index in [2.05, 4.69) is 17.6 Å². The Hall–Kier alpha value is -1.46. The summed E-state index contributed by atoms with van der Waals surface area (Å²) in [6, 6.07) is 5.81. The molecule has 2 unspecified atom stereocenters. The SMILES string of the molecule is CC1CCCC(CO)(NCC(=O)Nc2cccc(F)c2)C1. The fraction of sp³-hybridized carbons (Fsp3) is 0.562. The molecule has 0 heterocycles. The summed E-state index contributed by atoms with van der Waals surface area (Å²) < 4.78 is 13.1. The fourth-order valence-electron chi connectivity index (χ4n) is 3.06. The zero-order chi connectivity index (χ0) is 15.3. The van der Waals surface area contributed by atoms with Crippen molar-refractivity contribution in [1.29, 1.82) is 0 Å². The zero-order valence-electron chi connectivity index (χ0n) is 12.4. The Morgan fingerprint density at radius 3 is 3.00 bits per heavy atom. The number of amides is 1. The molecule has 0 aliphatic heterocycles. The summed E-state index contributed by atoms with van der Waals surface area (Å²) in [5.41, 5.74) is 0.0774. The number of carbonyl (C=O) groups excluding carboxylic acids is 1. The van der Waals surface area contributed by atoms with Gasteiger partial charge in [-0.3, -0.25) is 4.79 Å². The van der Waals surface area contributed by atoms with Gasteiger partial charge in [-0.15, -0.1) is 0 Å². The summed E-state index contributed by atoms with van der Waals surface area (Å²) in [6.45, 7) is 2.31. The minimum Gasteiger partial charge on any atom is -0.394 e. The molecule has 0 bridgehead atoms. The Morgan fingerprint density at radius 1 is 1.52 bits per heavy atom. The van der Waals surface area contributed by atoms with Crippen LogP contribution in [0.1, 0.15) is 32.6 Å². The van der Waals surface area contributed by atoms with Crippen LogP contribution in [0.3, 0.4) is 0 Å². The predicted molar refractivity (Wildman–Crippen MR) is 80.5 cm³/mol. The number of anilines is 1. The van der Waals surface area contributed by atoms with Gasteiger partial charge in [0.25, 0.3) is 0 Å². The van der Waals surface area contributed by atoms with Gasteiger partial charge in [-0.2, -0.15) is 0 Å². The molecule has 0 radical (unpaired) electrons. The Morgan fingerprint density at radius 2 is 2.33 bits per heavy atom. The summed E-state index contributed by atoms with van der Waals surface area (Å²) in [6.07, 6.45) is 3.97. The van der Waals surface area contributed by atoms with Crippen molar-refractivity contribution in [2.24, 2.45) is 5.92 Å². The van der Waals surface area contributed by atoms with Crippen molar-refractivity contribution in [3.63, 3.8) is 0 Å². The van der Waals surface area contributed by atoms with Crippen molar-refractivity contribution >= 4 is 11.6 Å². The molecular weight excluding hydrogens is 271 g/mol. The first kappa shape index (κ1) is 15.9. The van der Waals surface area contributed by atoms with Crippen LogP contribution in [0.15, 0.2) is 24.3 Å². The summed E-state index contributed by atoms with van der Waals surface area (Å²) in [5.74, 6) is -0.0648. The summed E-state index contributed by atoms with van der Waals surface area (Å²) in [7, 11) is 0. The van der Waals surface area contributed by atoms with Gasteiger partial charge < -0.3 is 15.7 Å². The molecule has 21 heavy (non-hydrogen) atoms. The van der Waals surface area contributed by atoms with Gasteiger partial charge in [0.05, 0.1) is 13.2 Å². The van der Waals surface area contributed by atoms with Crippen LogP contribution in [-0.2, 0) is 4.79 Å². The number of rotatable bonds is 5. The first-order valence-corrected chi connectivity index (χ1v) is 7.44. The number of nitrogens with one attached hydrogen (secondary N) is 2. The molecule has 1 fully saturated rings. The topological polar surface area (TPSA) is 61.4 Å². The Balaban J connectivity index is 1.87. The number of hydrogen-bond acceptors (Lipinski definition) is 3. The van der Waals surface area contributed by atoms with Gasteiger partial charge in [0.2, 0.25) is 5.91 Å². The Labute approximate surface area is 124 Å². The number of aliphatic hydroxyl groups is 1. The molecule has 1 aromatic carbocycles. The van der Waals surface area contributed by atoms with Crippen LogP contribution < -0.4 is 10.6 Å². The van der Waals surface area contributed by atoms with Crippen molar-refractivity contribution in [3.8, 4) is 0 Å². The van der Waals surface area contributed by atoms with Crippen LogP contribution in [0.2, 0.25) is 0 Å². The lowest BCUT2D eigenvalue weighted by molar-refractivity contribution is -0.116. The highest BCUT2D eigenvalue weighted by atomic mass is 19.1. The molecule has 1 aliphatic rings. The Bertz CT molecular complexity index is 495. The average molecular weight is 294 g/mol. The smallest absolute Gasteiger partial charge is 0.238 e. The molecule has 3 N–H and O–H groups in total. The van der Waals surface area contributed by atoms with E-state index in [-0.39, 0.29) is 30.4 Å². The first-order valence-electron chi connectivity index (χ1n) is 7.44. The van der Waals surface area contributed by atoms with Crippen LogP contribution in [0.25, 0.3) is 0 Å². The third-order valence-corrected chi connectivity index (χ3v) is 4.13. The summed E-state index contributed by atoms with van der Waals surface area (Å²) in [5, 5.41) is 15.5. The lowest BCUT2D eigenvalue weighted by atomic mass is 9.77. The summed E-state index contributed by atoms with van der Waals surface area (Å²) in [4.78, 5) is 11.9. The van der Waals surface area contributed by atoms with E-state index < -0.39 is 0 Å². The van der Waals surface area contributed by atoms with Crippen LogP contribution in [-0.4, -0.2) is 29.7 Å². The van der Waals surface area contributed by atoms with Crippen molar-refractivity contribution in [3.05, 3.63) is 30.1 Å². The van der Waals surface area contributed by atoms with Crippen LogP contribution >= 0.6 is 0 Å². The number of benzene rings is 1. The highest BCUT2D eigenvalue weighted by Gasteiger charge is 2.34. The maximum absolute atomic E-state index is 13.1. The highest BCUT2D eigenvalue weighted by molar-refractivity contribution is 5.92. The van der Waals surface area contributed by atoms with Crippen LogP contribution in [0.5, 0.6) is 0 Å². The predicted octanol–water partition coefficient (Wildman–Crippen LogP) is 2.29. The van der Waals surface area contributed by atoms with E-state index in [4.69, 9.17) is 0 Å². The third kappa shape index (κ3) is 4.51. The van der Waals surface area contributed by atoms with E-state index in [0.717, 1.165) is 19.3 Å². The maximum atomic E-state index is 13.1. The van der Waals surface area contributed by atoms with Gasteiger partial charge in [-0.25, -0.2) is 4.39 Å². The number of carbonyl (C=O) groups is 1. The molecule has 0 aromatic heterocycles. The molecule has 0 saturated heterocycles. The number of halogens is 1. The van der Waals surface area contributed by atoms with Crippen LogP contribution in [0, 0.1) is 11.7 Å². The molecule has 5 heteroatoms. The molecule has 116 valence electrons. The monoisotopic (exact) mass is 294 g/mol. The molecule has 1 aliphatic carbocycles. The van der Waals surface area contributed by atoms with E-state index in [1.54, 1.807) is 12.1 Å². The second-order valence-corrected chi connectivity index (χ2v) is 6.05. The molecule has 1 saturated carbocycles. The average Bonchev–Trinajstić information content (AvgIpc) is 2.45. The van der Waals surface area contributed by atoms with Gasteiger partial charge in [0.15, 0.2) is 0 Å². The minimum atomic E-state index is -0.381. The zero-order valence-corrected chi connectivity index (χ0v) is 12.4. The molecule has 2 rings (SSSR count). The van der Waals surface area contributed by atoms with E-state index in [1.165, 1.54) is 18.6 Å². The van der Waals surface area contributed by atoms with Crippen molar-refractivity contribution in [1.82, 2.24) is 5.32 Å². The lowest BCUT2D eigenvalue weighted by Crippen LogP contribution is -2.53. The molecule has 1 amide bonds. The lowest BCUT2D eigenvalue weighted by Gasteiger charge is -2.39. The highest BCUT2D eigenvalue weighted by Crippen LogP contribution is 2.31. The number of aliphatic hydroxyl groups excluding tert-OH is 1. The van der Waals surface area contributed by atoms with Crippen molar-refractivity contribution in [2.75, 3.05) is 18.5 Å². The quantitative estimate of drug-likeness (QED) is 0.781. The summed E-state index contributed by atoms with van der Waals surface area (Å²) >= 11 is 0. The maximum Gasteiger partial charge on any atom is 0.238 e. The molecular formula is C16H23FN2O2. The van der Waals surface area contributed by atoms with E-state index in [0.29, 0.717) is 11.6 Å². The van der Waals surface area contributed by atoms with E-state index >= 15 is 0 Å². The molecule has 4 nitrogen and oxygen atoms in total. The third-order valence-electron chi connectivity index (χ3n) is 4.13. The van der Waals surface area contributed by atoms with E-state index in [9.17, 15) is 14.3 Å². The molecule has 0 spiro atoms. The second kappa shape index (κ2) is 7.00. The number of hydrogen-bond donors (Lipinski definition) is 3. The standard InChI is InChI=1S/C16H23FN2O2/c1-12-4-3-7-16(9-12,11-20)18-10-15(21)19-14-6-2-5-13(17)8-14/h2,5-6,8,12,18,20H,3-4,7,9-11H2,1H3,(H,19,21).